The molecule has 1 aromatic rings. The van der Waals surface area contributed by atoms with Gasteiger partial charge in [0.05, 0.1) is 6.61 Å². The fraction of sp³-hybridized carbons (Fsp3) is 0.615. The summed E-state index contributed by atoms with van der Waals surface area (Å²) in [7, 11) is 1.69. The summed E-state index contributed by atoms with van der Waals surface area (Å²) in [6, 6.07) is 2.04. The Morgan fingerprint density at radius 1 is 1.63 bits per heavy atom. The molecule has 1 heterocycles. The van der Waals surface area contributed by atoms with E-state index in [9.17, 15) is 0 Å². The van der Waals surface area contributed by atoms with Gasteiger partial charge < -0.3 is 15.4 Å². The molecule has 1 aliphatic rings. The van der Waals surface area contributed by atoms with Crippen LogP contribution in [0.25, 0.3) is 0 Å². The van der Waals surface area contributed by atoms with Gasteiger partial charge in [0.1, 0.15) is 11.5 Å². The quantitative estimate of drug-likeness (QED) is 0.566. The fourth-order valence-corrected chi connectivity index (χ4v) is 2.15. The molecule has 0 aromatic carbocycles. The van der Waals surface area contributed by atoms with Crippen molar-refractivity contribution >= 4 is 11.8 Å². The Morgan fingerprint density at radius 2 is 2.37 bits per heavy atom. The lowest BCUT2D eigenvalue weighted by molar-refractivity contribution is 0.202. The van der Waals surface area contributed by atoms with Gasteiger partial charge in [0, 0.05) is 25.9 Å². The molecule has 104 valence electrons. The van der Waals surface area contributed by atoms with E-state index < -0.39 is 0 Å². The first-order chi connectivity index (χ1) is 9.13. The molecule has 0 amide bonds. The minimum Gasteiger partial charge on any atom is -0.383 e. The topological polar surface area (TPSA) is 88.1 Å². The molecule has 1 atom stereocenters. The third-order valence-electron chi connectivity index (χ3n) is 3.51. The molecular formula is C13H21N5O. The van der Waals surface area contributed by atoms with Gasteiger partial charge >= 0.3 is 0 Å². The number of nitrogen functional groups attached to an aromatic ring is 1. The standard InChI is InChI=1S/C13H21N5O/c1-9(10-3-4-10)18(7-8-19-2)13-16-6-5-11(17-13)12(14)15/h5-6,9-10H,3-4,7-8H2,1-2H3,(H3,14,15). The second kappa shape index (κ2) is 5.97. The van der Waals surface area contributed by atoms with Crippen molar-refractivity contribution in [2.45, 2.75) is 25.8 Å². The van der Waals surface area contributed by atoms with Gasteiger partial charge in [0.15, 0.2) is 0 Å². The lowest BCUT2D eigenvalue weighted by Crippen LogP contribution is -2.38. The number of anilines is 1. The van der Waals surface area contributed by atoms with Gasteiger partial charge in [0.25, 0.3) is 0 Å². The van der Waals surface area contributed by atoms with Crippen LogP contribution in [0.5, 0.6) is 0 Å². The fourth-order valence-electron chi connectivity index (χ4n) is 2.15. The Hall–Kier alpha value is -1.69. The molecule has 0 bridgehead atoms. The zero-order valence-corrected chi connectivity index (χ0v) is 11.5. The van der Waals surface area contributed by atoms with E-state index >= 15 is 0 Å². The SMILES string of the molecule is COCCN(c1nccc(C(=N)N)n1)C(C)C1CC1. The number of nitrogens with one attached hydrogen (secondary N) is 1. The summed E-state index contributed by atoms with van der Waals surface area (Å²) in [4.78, 5) is 10.8. The highest BCUT2D eigenvalue weighted by atomic mass is 16.5. The number of ether oxygens (including phenoxy) is 1. The minimum absolute atomic E-state index is 0.0329. The monoisotopic (exact) mass is 263 g/mol. The van der Waals surface area contributed by atoms with Crippen molar-refractivity contribution in [3.8, 4) is 0 Å². The summed E-state index contributed by atoms with van der Waals surface area (Å²) >= 11 is 0. The maximum absolute atomic E-state index is 7.46. The van der Waals surface area contributed by atoms with Gasteiger partial charge in [-0.15, -0.1) is 0 Å². The molecule has 0 aliphatic heterocycles. The van der Waals surface area contributed by atoms with Crippen LogP contribution < -0.4 is 10.6 Å². The van der Waals surface area contributed by atoms with Crippen LogP contribution in [0.4, 0.5) is 5.95 Å². The predicted octanol–water partition coefficient (Wildman–Crippen LogP) is 1.01. The van der Waals surface area contributed by atoms with Crippen molar-refractivity contribution in [3.05, 3.63) is 18.0 Å². The van der Waals surface area contributed by atoms with Crippen LogP contribution in [0.15, 0.2) is 12.3 Å². The summed E-state index contributed by atoms with van der Waals surface area (Å²) in [5.41, 5.74) is 5.95. The first-order valence-electron chi connectivity index (χ1n) is 6.56. The molecule has 1 aliphatic carbocycles. The van der Waals surface area contributed by atoms with Crippen LogP contribution in [0.2, 0.25) is 0 Å². The van der Waals surface area contributed by atoms with E-state index in [2.05, 4.69) is 21.8 Å². The van der Waals surface area contributed by atoms with Crippen molar-refractivity contribution in [3.63, 3.8) is 0 Å². The number of nitrogens with two attached hydrogens (primary N) is 1. The van der Waals surface area contributed by atoms with Gasteiger partial charge in [-0.1, -0.05) is 0 Å². The van der Waals surface area contributed by atoms with E-state index in [1.165, 1.54) is 12.8 Å². The third-order valence-corrected chi connectivity index (χ3v) is 3.51. The van der Waals surface area contributed by atoms with Crippen LogP contribution in [-0.2, 0) is 4.74 Å². The molecule has 2 rings (SSSR count). The Balaban J connectivity index is 2.20. The highest BCUT2D eigenvalue weighted by molar-refractivity contribution is 5.93. The number of hydrogen-bond acceptors (Lipinski definition) is 5. The third kappa shape index (κ3) is 3.41. The molecule has 6 nitrogen and oxygen atoms in total. The van der Waals surface area contributed by atoms with Crippen LogP contribution in [-0.4, -0.2) is 42.1 Å². The van der Waals surface area contributed by atoms with E-state index in [0.29, 0.717) is 30.2 Å². The number of aromatic nitrogens is 2. The number of amidine groups is 1. The predicted molar refractivity (Wildman–Crippen MR) is 74.5 cm³/mol. The Kier molecular flexibility index (Phi) is 4.31. The van der Waals surface area contributed by atoms with Gasteiger partial charge in [-0.3, -0.25) is 5.41 Å². The maximum Gasteiger partial charge on any atom is 0.226 e. The second-order valence-electron chi connectivity index (χ2n) is 4.92. The van der Waals surface area contributed by atoms with Crippen LogP contribution in [0, 0.1) is 11.3 Å². The molecule has 1 saturated carbocycles. The number of hydrogen-bond donors (Lipinski definition) is 2. The van der Waals surface area contributed by atoms with E-state index in [1.807, 2.05) is 0 Å². The zero-order valence-electron chi connectivity index (χ0n) is 11.5. The summed E-state index contributed by atoms with van der Waals surface area (Å²) in [5.74, 6) is 1.31. The van der Waals surface area contributed by atoms with Gasteiger partial charge in [-0.2, -0.15) is 0 Å². The normalized spacial score (nSPS) is 16.1. The molecule has 0 radical (unpaired) electrons. The Labute approximate surface area is 113 Å². The number of rotatable bonds is 7. The first kappa shape index (κ1) is 13.7. The zero-order chi connectivity index (χ0) is 13.8. The van der Waals surface area contributed by atoms with Crippen molar-refractivity contribution in [2.24, 2.45) is 11.7 Å². The van der Waals surface area contributed by atoms with Crippen LogP contribution in [0.1, 0.15) is 25.5 Å². The average molecular weight is 263 g/mol. The largest absolute Gasteiger partial charge is 0.383 e. The van der Waals surface area contributed by atoms with Crippen LogP contribution >= 0.6 is 0 Å². The smallest absolute Gasteiger partial charge is 0.226 e. The molecule has 1 fully saturated rings. The number of methoxy groups -OCH3 is 1. The lowest BCUT2D eigenvalue weighted by Gasteiger charge is -2.29. The Bertz CT molecular complexity index is 446. The van der Waals surface area contributed by atoms with E-state index in [1.54, 1.807) is 19.4 Å². The van der Waals surface area contributed by atoms with E-state index in [-0.39, 0.29) is 5.84 Å². The number of nitrogens with zero attached hydrogens (tertiary/aromatic N) is 3. The maximum atomic E-state index is 7.46. The van der Waals surface area contributed by atoms with Crippen molar-refractivity contribution in [2.75, 3.05) is 25.2 Å². The molecule has 19 heavy (non-hydrogen) atoms. The van der Waals surface area contributed by atoms with E-state index in [4.69, 9.17) is 15.9 Å². The van der Waals surface area contributed by atoms with Crippen LogP contribution in [0.3, 0.4) is 0 Å². The van der Waals surface area contributed by atoms with Crippen molar-refractivity contribution in [1.82, 2.24) is 9.97 Å². The average Bonchev–Trinajstić information content (AvgIpc) is 3.23. The van der Waals surface area contributed by atoms with Crippen molar-refractivity contribution in [1.29, 1.82) is 5.41 Å². The first-order valence-corrected chi connectivity index (χ1v) is 6.56. The Morgan fingerprint density at radius 3 is 2.95 bits per heavy atom. The molecule has 1 aromatic heterocycles. The molecule has 0 saturated heterocycles. The summed E-state index contributed by atoms with van der Waals surface area (Å²) < 4.78 is 5.16. The van der Waals surface area contributed by atoms with Gasteiger partial charge in [-0.25, -0.2) is 9.97 Å². The molecule has 3 N–H and O–H groups in total. The highest BCUT2D eigenvalue weighted by Crippen LogP contribution is 2.36. The lowest BCUT2D eigenvalue weighted by atomic mass is 10.2. The van der Waals surface area contributed by atoms with Crippen molar-refractivity contribution < 1.29 is 4.74 Å². The molecular weight excluding hydrogens is 242 g/mol. The summed E-state index contributed by atoms with van der Waals surface area (Å²) in [6.45, 7) is 3.57. The molecule has 6 heteroatoms. The van der Waals surface area contributed by atoms with E-state index in [0.717, 1.165) is 6.54 Å². The van der Waals surface area contributed by atoms with Gasteiger partial charge in [-0.05, 0) is 31.7 Å². The molecule has 1 unspecified atom stereocenters. The van der Waals surface area contributed by atoms with Gasteiger partial charge in [0.2, 0.25) is 5.95 Å². The molecule has 0 spiro atoms. The summed E-state index contributed by atoms with van der Waals surface area (Å²) in [5, 5.41) is 7.46. The summed E-state index contributed by atoms with van der Waals surface area (Å²) in [6.07, 6.45) is 4.17. The second-order valence-corrected chi connectivity index (χ2v) is 4.92. The minimum atomic E-state index is -0.0329. The highest BCUT2D eigenvalue weighted by Gasteiger charge is 2.33.